The minimum absolute atomic E-state index is 0.0516. The number of rotatable bonds is 6. The highest BCUT2D eigenvalue weighted by Gasteiger charge is 2.27. The van der Waals surface area contributed by atoms with Gasteiger partial charge in [0, 0.05) is 42.6 Å². The lowest BCUT2D eigenvalue weighted by Crippen LogP contribution is -2.48. The Labute approximate surface area is 214 Å². The van der Waals surface area contributed by atoms with Gasteiger partial charge in [0.2, 0.25) is 5.95 Å². The van der Waals surface area contributed by atoms with Crippen LogP contribution in [0.4, 0.5) is 5.95 Å². The molecule has 1 aliphatic rings. The maximum atomic E-state index is 13.0. The fraction of sp³-hybridized carbons (Fsp3) is 0.241. The quantitative estimate of drug-likeness (QED) is 0.366. The summed E-state index contributed by atoms with van der Waals surface area (Å²) in [5.74, 6) is 0.669. The fourth-order valence-corrected chi connectivity index (χ4v) is 5.10. The molecule has 1 N–H and O–H groups in total. The van der Waals surface area contributed by atoms with Crippen molar-refractivity contribution in [1.82, 2.24) is 14.9 Å². The Kier molecular flexibility index (Phi) is 7.11. The molecule has 2 heterocycles. The lowest BCUT2D eigenvalue weighted by molar-refractivity contribution is 0.211. The van der Waals surface area contributed by atoms with Gasteiger partial charge in [-0.25, -0.2) is 4.98 Å². The lowest BCUT2D eigenvalue weighted by Gasteiger charge is -2.40. The summed E-state index contributed by atoms with van der Waals surface area (Å²) in [6, 6.07) is 29.6. The molecule has 178 valence electrons. The summed E-state index contributed by atoms with van der Waals surface area (Å²) in [7, 11) is 0. The topological polar surface area (TPSA) is 52.2 Å². The number of nitrogens with zero attached hydrogens (tertiary/aromatic N) is 3. The second kappa shape index (κ2) is 10.6. The standard InChI is InChI=1S/C29H29BrN4O/c1-21-26(20-22-12-14-25(30)15-13-22)28(35)32-29(31-21)34-18-16-33(17-19-34)27(23-8-4-2-5-9-23)24-10-6-3-7-11-24/h2-15,27H,16-20H2,1H3,(H,31,32,35). The zero-order valence-corrected chi connectivity index (χ0v) is 21.4. The van der Waals surface area contributed by atoms with Gasteiger partial charge in [-0.3, -0.25) is 14.7 Å². The molecule has 0 unspecified atom stereocenters. The number of aromatic nitrogens is 2. The molecule has 1 saturated heterocycles. The molecule has 5 nitrogen and oxygen atoms in total. The lowest BCUT2D eigenvalue weighted by atomic mass is 9.96. The van der Waals surface area contributed by atoms with Crippen molar-refractivity contribution in [2.75, 3.05) is 31.1 Å². The number of nitrogens with one attached hydrogen (secondary N) is 1. The second-order valence-electron chi connectivity index (χ2n) is 9.00. The van der Waals surface area contributed by atoms with Gasteiger partial charge in [0.1, 0.15) is 0 Å². The van der Waals surface area contributed by atoms with Crippen LogP contribution in [0.15, 0.2) is 94.2 Å². The molecule has 35 heavy (non-hydrogen) atoms. The van der Waals surface area contributed by atoms with Crippen molar-refractivity contribution in [3.63, 3.8) is 0 Å². The number of halogens is 1. The number of H-pyrrole nitrogens is 1. The average molecular weight is 529 g/mol. The van der Waals surface area contributed by atoms with Crippen molar-refractivity contribution in [3.05, 3.63) is 128 Å². The van der Waals surface area contributed by atoms with Crippen molar-refractivity contribution in [2.24, 2.45) is 0 Å². The van der Waals surface area contributed by atoms with Crippen LogP contribution in [0.2, 0.25) is 0 Å². The zero-order valence-electron chi connectivity index (χ0n) is 19.8. The Morgan fingerprint density at radius 3 is 1.97 bits per heavy atom. The van der Waals surface area contributed by atoms with Crippen LogP contribution in [0.3, 0.4) is 0 Å². The van der Waals surface area contributed by atoms with Crippen molar-refractivity contribution in [1.29, 1.82) is 0 Å². The van der Waals surface area contributed by atoms with Crippen molar-refractivity contribution >= 4 is 21.9 Å². The van der Waals surface area contributed by atoms with Crippen LogP contribution in [0, 0.1) is 6.92 Å². The fourth-order valence-electron chi connectivity index (χ4n) is 4.84. The maximum Gasteiger partial charge on any atom is 0.256 e. The molecule has 1 fully saturated rings. The van der Waals surface area contributed by atoms with Crippen molar-refractivity contribution < 1.29 is 0 Å². The van der Waals surface area contributed by atoms with Crippen LogP contribution >= 0.6 is 15.9 Å². The van der Waals surface area contributed by atoms with Crippen LogP contribution in [0.5, 0.6) is 0 Å². The van der Waals surface area contributed by atoms with Gasteiger partial charge in [0.05, 0.1) is 11.7 Å². The largest absolute Gasteiger partial charge is 0.340 e. The smallest absolute Gasteiger partial charge is 0.256 e. The Bertz CT molecular complexity index is 1280. The third-order valence-electron chi connectivity index (χ3n) is 6.71. The van der Waals surface area contributed by atoms with Gasteiger partial charge in [-0.05, 0) is 35.7 Å². The minimum atomic E-state index is -0.0516. The first-order chi connectivity index (χ1) is 17.1. The normalized spacial score (nSPS) is 14.4. The van der Waals surface area contributed by atoms with Gasteiger partial charge >= 0.3 is 0 Å². The second-order valence-corrected chi connectivity index (χ2v) is 9.92. The van der Waals surface area contributed by atoms with Crippen LogP contribution in [0.25, 0.3) is 0 Å². The molecule has 0 atom stereocenters. The van der Waals surface area contributed by atoms with Gasteiger partial charge < -0.3 is 4.90 Å². The van der Waals surface area contributed by atoms with Crippen LogP contribution < -0.4 is 10.5 Å². The Balaban J connectivity index is 1.32. The first-order valence-electron chi connectivity index (χ1n) is 12.0. The molecule has 0 bridgehead atoms. The molecule has 1 aliphatic heterocycles. The van der Waals surface area contributed by atoms with Crippen LogP contribution in [0.1, 0.15) is 34.0 Å². The molecule has 0 spiro atoms. The van der Waals surface area contributed by atoms with Gasteiger partial charge in [-0.1, -0.05) is 88.7 Å². The summed E-state index contributed by atoms with van der Waals surface area (Å²) in [5, 5.41) is 0. The summed E-state index contributed by atoms with van der Waals surface area (Å²) < 4.78 is 1.03. The number of aryl methyl sites for hydroxylation is 1. The molecule has 3 aromatic carbocycles. The summed E-state index contributed by atoms with van der Waals surface area (Å²) >= 11 is 3.46. The number of piperazine rings is 1. The SMILES string of the molecule is Cc1nc(N2CCN(C(c3ccccc3)c3ccccc3)CC2)[nH]c(=O)c1Cc1ccc(Br)cc1. The third-order valence-corrected chi connectivity index (χ3v) is 7.24. The first kappa shape index (κ1) is 23.5. The van der Waals surface area contributed by atoms with E-state index in [2.05, 4.69) is 91.4 Å². The van der Waals surface area contributed by atoms with E-state index in [1.165, 1.54) is 11.1 Å². The Morgan fingerprint density at radius 1 is 0.857 bits per heavy atom. The number of anilines is 1. The average Bonchev–Trinajstić information content (AvgIpc) is 2.89. The van der Waals surface area contributed by atoms with Crippen molar-refractivity contribution in [3.8, 4) is 0 Å². The van der Waals surface area contributed by atoms with E-state index in [9.17, 15) is 4.79 Å². The Hall–Kier alpha value is -3.22. The molecule has 4 aromatic rings. The predicted molar refractivity (Wildman–Crippen MR) is 145 cm³/mol. The first-order valence-corrected chi connectivity index (χ1v) is 12.8. The summed E-state index contributed by atoms with van der Waals surface area (Å²) in [6.45, 7) is 5.33. The number of aromatic amines is 1. The van der Waals surface area contributed by atoms with E-state index < -0.39 is 0 Å². The zero-order chi connectivity index (χ0) is 24.2. The van der Waals surface area contributed by atoms with E-state index in [1.54, 1.807) is 0 Å². The van der Waals surface area contributed by atoms with E-state index in [0.29, 0.717) is 12.4 Å². The van der Waals surface area contributed by atoms with Gasteiger partial charge in [0.25, 0.3) is 5.56 Å². The molecule has 0 aliphatic carbocycles. The number of hydrogen-bond acceptors (Lipinski definition) is 4. The molecular weight excluding hydrogens is 500 g/mol. The highest BCUT2D eigenvalue weighted by Crippen LogP contribution is 2.30. The monoisotopic (exact) mass is 528 g/mol. The predicted octanol–water partition coefficient (Wildman–Crippen LogP) is 5.34. The van der Waals surface area contributed by atoms with E-state index >= 15 is 0 Å². The van der Waals surface area contributed by atoms with Gasteiger partial charge in [0.15, 0.2) is 0 Å². The summed E-state index contributed by atoms with van der Waals surface area (Å²) in [5.41, 5.74) is 5.16. The van der Waals surface area contributed by atoms with E-state index in [1.807, 2.05) is 31.2 Å². The number of benzene rings is 3. The Morgan fingerprint density at radius 2 is 1.43 bits per heavy atom. The van der Waals surface area contributed by atoms with Gasteiger partial charge in [-0.15, -0.1) is 0 Å². The highest BCUT2D eigenvalue weighted by atomic mass is 79.9. The molecule has 1 aromatic heterocycles. The molecule has 0 saturated carbocycles. The number of hydrogen-bond donors (Lipinski definition) is 1. The summed E-state index contributed by atoms with van der Waals surface area (Å²) in [4.78, 5) is 25.6. The van der Waals surface area contributed by atoms with Crippen LogP contribution in [-0.4, -0.2) is 41.0 Å². The molecule has 5 rings (SSSR count). The third kappa shape index (κ3) is 5.39. The maximum absolute atomic E-state index is 13.0. The van der Waals surface area contributed by atoms with E-state index in [-0.39, 0.29) is 11.6 Å². The van der Waals surface area contributed by atoms with E-state index in [0.717, 1.165) is 47.5 Å². The summed E-state index contributed by atoms with van der Waals surface area (Å²) in [6.07, 6.45) is 0.575. The minimum Gasteiger partial charge on any atom is -0.340 e. The highest BCUT2D eigenvalue weighted by molar-refractivity contribution is 9.10. The molecular formula is C29H29BrN4O. The van der Waals surface area contributed by atoms with Crippen molar-refractivity contribution in [2.45, 2.75) is 19.4 Å². The molecule has 0 amide bonds. The molecule has 0 radical (unpaired) electrons. The molecule has 6 heteroatoms. The van der Waals surface area contributed by atoms with Crippen LogP contribution in [-0.2, 0) is 6.42 Å². The van der Waals surface area contributed by atoms with E-state index in [4.69, 9.17) is 4.98 Å². The van der Waals surface area contributed by atoms with Gasteiger partial charge in [-0.2, -0.15) is 0 Å².